The topological polar surface area (TPSA) is 113 Å². The molecule has 1 fully saturated rings. The summed E-state index contributed by atoms with van der Waals surface area (Å²) < 4.78 is 39.5. The van der Waals surface area contributed by atoms with Gasteiger partial charge in [0.15, 0.2) is 0 Å². The molecule has 38 heavy (non-hydrogen) atoms. The van der Waals surface area contributed by atoms with Crippen LogP contribution in [0.3, 0.4) is 0 Å². The number of amides is 1. The fourth-order valence-electron chi connectivity index (χ4n) is 4.74. The molecule has 2 aromatic heterocycles. The number of furan rings is 1. The lowest BCUT2D eigenvalue weighted by molar-refractivity contribution is 0.0490. The van der Waals surface area contributed by atoms with Crippen molar-refractivity contribution in [1.29, 1.82) is 0 Å². The average Bonchev–Trinajstić information content (AvgIpc) is 3.64. The van der Waals surface area contributed by atoms with Crippen molar-refractivity contribution in [3.63, 3.8) is 0 Å². The summed E-state index contributed by atoms with van der Waals surface area (Å²) >= 11 is 0. The lowest BCUT2D eigenvalue weighted by atomic mass is 10.1. The zero-order valence-electron chi connectivity index (χ0n) is 21.0. The number of hydrogen-bond acceptors (Lipinski definition) is 6. The van der Waals surface area contributed by atoms with Gasteiger partial charge >= 0.3 is 0 Å². The number of aromatic nitrogens is 1. The van der Waals surface area contributed by atoms with Gasteiger partial charge in [0.05, 0.1) is 29.5 Å². The highest BCUT2D eigenvalue weighted by atomic mass is 32.2. The van der Waals surface area contributed by atoms with E-state index in [1.165, 1.54) is 28.9 Å². The molecular weight excluding hydrogens is 506 g/mol. The van der Waals surface area contributed by atoms with Crippen LogP contribution in [-0.4, -0.2) is 50.0 Å². The lowest BCUT2D eigenvalue weighted by Crippen LogP contribution is -2.39. The Hall–Kier alpha value is -3.89. The SMILES string of the molecule is CCN(c1ccccc1)S(=O)(=O)c1ccc2[nH]cc(C(=O)N(Cc3ccco3)CC3CCCO3)c(=O)c2c1. The number of nitrogens with zero attached hydrogens (tertiary/aromatic N) is 2. The molecule has 0 saturated carbocycles. The number of fused-ring (bicyclic) bond motifs is 1. The van der Waals surface area contributed by atoms with Crippen molar-refractivity contribution in [2.45, 2.75) is 37.3 Å². The van der Waals surface area contributed by atoms with Gasteiger partial charge in [-0.15, -0.1) is 0 Å². The fraction of sp³-hybridized carbons (Fsp3) is 0.286. The first-order valence-electron chi connectivity index (χ1n) is 12.5. The van der Waals surface area contributed by atoms with Crippen molar-refractivity contribution >= 4 is 32.5 Å². The summed E-state index contributed by atoms with van der Waals surface area (Å²) in [7, 11) is -3.96. The Morgan fingerprint density at radius 3 is 2.61 bits per heavy atom. The minimum absolute atomic E-state index is 0.0300. The minimum Gasteiger partial charge on any atom is -0.467 e. The molecule has 4 aromatic rings. The molecule has 1 atom stereocenters. The number of anilines is 1. The summed E-state index contributed by atoms with van der Waals surface area (Å²) in [6, 6.07) is 16.6. The van der Waals surface area contributed by atoms with Gasteiger partial charge in [-0.25, -0.2) is 8.42 Å². The molecular formula is C28H29N3O6S. The highest BCUT2D eigenvalue weighted by Crippen LogP contribution is 2.25. The first-order valence-corrected chi connectivity index (χ1v) is 14.0. The van der Waals surface area contributed by atoms with Crippen LogP contribution in [0, 0.1) is 0 Å². The quantitative estimate of drug-likeness (QED) is 0.344. The summed E-state index contributed by atoms with van der Waals surface area (Å²) in [5.41, 5.74) is 0.341. The maximum Gasteiger partial charge on any atom is 0.264 e. The molecule has 5 rings (SSSR count). The van der Waals surface area contributed by atoms with E-state index in [4.69, 9.17) is 9.15 Å². The predicted molar refractivity (Wildman–Crippen MR) is 144 cm³/mol. The molecule has 9 nitrogen and oxygen atoms in total. The zero-order valence-corrected chi connectivity index (χ0v) is 21.8. The molecule has 1 aliphatic rings. The summed E-state index contributed by atoms with van der Waals surface area (Å²) in [6.07, 6.45) is 4.53. The monoisotopic (exact) mass is 535 g/mol. The molecule has 198 valence electrons. The Kier molecular flexibility index (Phi) is 7.35. The predicted octanol–water partition coefficient (Wildman–Crippen LogP) is 4.16. The third-order valence-electron chi connectivity index (χ3n) is 6.66. The number of carbonyl (C=O) groups excluding carboxylic acids is 1. The van der Waals surface area contributed by atoms with Gasteiger partial charge in [0.1, 0.15) is 11.3 Å². The van der Waals surface area contributed by atoms with E-state index < -0.39 is 21.4 Å². The van der Waals surface area contributed by atoms with Gasteiger partial charge in [0, 0.05) is 36.8 Å². The van der Waals surface area contributed by atoms with Crippen LogP contribution in [0.5, 0.6) is 0 Å². The Morgan fingerprint density at radius 1 is 1.11 bits per heavy atom. The van der Waals surface area contributed by atoms with E-state index in [0.29, 0.717) is 30.1 Å². The molecule has 1 N–H and O–H groups in total. The van der Waals surface area contributed by atoms with Crippen molar-refractivity contribution < 1.29 is 22.4 Å². The van der Waals surface area contributed by atoms with Crippen LogP contribution in [-0.2, 0) is 21.3 Å². The van der Waals surface area contributed by atoms with E-state index in [-0.39, 0.29) is 35.0 Å². The van der Waals surface area contributed by atoms with Crippen molar-refractivity contribution in [2.75, 3.05) is 24.0 Å². The number of nitrogens with one attached hydrogen (secondary N) is 1. The second-order valence-electron chi connectivity index (χ2n) is 9.14. The Morgan fingerprint density at radius 2 is 1.92 bits per heavy atom. The number of ether oxygens (including phenoxy) is 1. The number of benzene rings is 2. The number of sulfonamides is 1. The number of aromatic amines is 1. The lowest BCUT2D eigenvalue weighted by Gasteiger charge is -2.24. The number of pyridine rings is 1. The number of rotatable bonds is 9. The molecule has 0 radical (unpaired) electrons. The molecule has 3 heterocycles. The fourth-order valence-corrected chi connectivity index (χ4v) is 6.24. The molecule has 1 aliphatic heterocycles. The van der Waals surface area contributed by atoms with Crippen molar-refractivity contribution in [2.24, 2.45) is 0 Å². The van der Waals surface area contributed by atoms with Gasteiger partial charge < -0.3 is 19.0 Å². The van der Waals surface area contributed by atoms with Crippen LogP contribution in [0.1, 0.15) is 35.9 Å². The maximum absolute atomic E-state index is 13.6. The first-order chi connectivity index (χ1) is 18.4. The zero-order chi connectivity index (χ0) is 26.7. The Bertz CT molecular complexity index is 1580. The van der Waals surface area contributed by atoms with Crippen molar-refractivity contribution in [3.8, 4) is 0 Å². The van der Waals surface area contributed by atoms with E-state index in [2.05, 4.69) is 4.98 Å². The summed E-state index contributed by atoms with van der Waals surface area (Å²) in [4.78, 5) is 31.7. The minimum atomic E-state index is -3.96. The van der Waals surface area contributed by atoms with E-state index in [1.54, 1.807) is 54.3 Å². The van der Waals surface area contributed by atoms with E-state index in [1.807, 2.05) is 6.07 Å². The van der Waals surface area contributed by atoms with Crippen molar-refractivity contribution in [3.05, 3.63) is 94.7 Å². The number of carbonyl (C=O) groups is 1. The van der Waals surface area contributed by atoms with Crippen LogP contribution < -0.4 is 9.73 Å². The van der Waals surface area contributed by atoms with Gasteiger partial charge in [-0.05, 0) is 62.2 Å². The molecule has 2 aromatic carbocycles. The Labute approximate surface area is 220 Å². The second-order valence-corrected chi connectivity index (χ2v) is 11.0. The van der Waals surface area contributed by atoms with Crippen LogP contribution >= 0.6 is 0 Å². The second kappa shape index (κ2) is 10.8. The third kappa shape index (κ3) is 5.09. The summed E-state index contributed by atoms with van der Waals surface area (Å²) in [6.45, 7) is 3.09. The van der Waals surface area contributed by atoms with Gasteiger partial charge in [-0.1, -0.05) is 18.2 Å². The van der Waals surface area contributed by atoms with Gasteiger partial charge in [-0.3, -0.25) is 13.9 Å². The van der Waals surface area contributed by atoms with E-state index in [9.17, 15) is 18.0 Å². The van der Waals surface area contributed by atoms with Crippen LogP contribution in [0.25, 0.3) is 10.9 Å². The average molecular weight is 536 g/mol. The molecule has 0 aliphatic carbocycles. The smallest absolute Gasteiger partial charge is 0.264 e. The summed E-state index contributed by atoms with van der Waals surface area (Å²) in [5.74, 6) is 0.107. The maximum atomic E-state index is 13.6. The van der Waals surface area contributed by atoms with E-state index >= 15 is 0 Å². The number of para-hydroxylation sites is 1. The molecule has 10 heteroatoms. The summed E-state index contributed by atoms with van der Waals surface area (Å²) in [5, 5.41) is 0.121. The third-order valence-corrected chi connectivity index (χ3v) is 8.56. The van der Waals surface area contributed by atoms with Crippen LogP contribution in [0.2, 0.25) is 0 Å². The Balaban J connectivity index is 1.51. The number of H-pyrrole nitrogens is 1. The first kappa shape index (κ1) is 25.7. The van der Waals surface area contributed by atoms with Gasteiger partial charge in [-0.2, -0.15) is 0 Å². The number of hydrogen-bond donors (Lipinski definition) is 1. The molecule has 1 unspecified atom stereocenters. The standard InChI is InChI=1S/C28H29N3O6S/c1-2-31(20-8-4-3-5-9-20)38(34,35)23-12-13-26-24(16-23)27(32)25(17-29-26)28(33)30(18-21-10-6-14-36-21)19-22-11-7-15-37-22/h3-6,8-10,12-14,16-17,22H,2,7,11,15,18-19H2,1H3,(H,29,32). The van der Waals surface area contributed by atoms with Crippen molar-refractivity contribution in [1.82, 2.24) is 9.88 Å². The normalized spacial score (nSPS) is 15.6. The molecule has 1 amide bonds. The van der Waals surface area contributed by atoms with E-state index in [0.717, 1.165) is 12.8 Å². The highest BCUT2D eigenvalue weighted by molar-refractivity contribution is 7.92. The van der Waals surface area contributed by atoms with Crippen LogP contribution in [0.4, 0.5) is 5.69 Å². The molecule has 0 spiro atoms. The molecule has 1 saturated heterocycles. The largest absolute Gasteiger partial charge is 0.467 e. The van der Waals surface area contributed by atoms with Gasteiger partial charge in [0.2, 0.25) is 5.43 Å². The van der Waals surface area contributed by atoms with Crippen LogP contribution in [0.15, 0.2) is 87.2 Å². The van der Waals surface area contributed by atoms with Gasteiger partial charge in [0.25, 0.3) is 15.9 Å². The highest BCUT2D eigenvalue weighted by Gasteiger charge is 2.28. The molecule has 0 bridgehead atoms.